The van der Waals surface area contributed by atoms with Crippen molar-refractivity contribution in [3.05, 3.63) is 53.6 Å². The molecule has 0 saturated heterocycles. The first-order chi connectivity index (χ1) is 10.7. The van der Waals surface area contributed by atoms with Gasteiger partial charge in [0.05, 0.1) is 26.0 Å². The first-order valence-electron chi connectivity index (χ1n) is 6.49. The molecule has 0 heterocycles. The van der Waals surface area contributed by atoms with Crippen molar-refractivity contribution >= 4 is 12.1 Å². The molecule has 0 atom stereocenters. The van der Waals surface area contributed by atoms with Gasteiger partial charge in [0.2, 0.25) is 0 Å². The number of phenolic OH excluding ortho intramolecular Hbond substituents is 1. The Morgan fingerprint density at radius 1 is 1.18 bits per heavy atom. The molecule has 0 fully saturated rings. The number of benzene rings is 2. The van der Waals surface area contributed by atoms with Gasteiger partial charge in [-0.2, -0.15) is 5.10 Å². The molecule has 2 rings (SSSR count). The Balaban J connectivity index is 2.11. The molecule has 0 radical (unpaired) electrons. The lowest BCUT2D eigenvalue weighted by Gasteiger charge is -2.06. The zero-order valence-electron chi connectivity index (χ0n) is 12.2. The minimum Gasteiger partial charge on any atom is -0.507 e. The van der Waals surface area contributed by atoms with Gasteiger partial charge < -0.3 is 14.6 Å². The van der Waals surface area contributed by atoms with Crippen molar-refractivity contribution in [1.29, 1.82) is 0 Å². The maximum atomic E-state index is 12.0. The normalized spacial score (nSPS) is 10.5. The molecule has 0 aliphatic carbocycles. The minimum absolute atomic E-state index is 0.0380. The number of aromatic hydroxyl groups is 1. The number of rotatable bonds is 5. The van der Waals surface area contributed by atoms with Crippen LogP contribution >= 0.6 is 0 Å². The molecule has 0 saturated carbocycles. The number of ether oxygens (including phenoxy) is 2. The predicted molar refractivity (Wildman–Crippen MR) is 82.7 cm³/mol. The molecule has 1 amide bonds. The molecular weight excluding hydrogens is 284 g/mol. The van der Waals surface area contributed by atoms with E-state index in [1.165, 1.54) is 26.5 Å². The van der Waals surface area contributed by atoms with Crippen LogP contribution in [-0.2, 0) is 0 Å². The molecule has 6 nitrogen and oxygen atoms in total. The van der Waals surface area contributed by atoms with Crippen LogP contribution < -0.4 is 14.9 Å². The van der Waals surface area contributed by atoms with E-state index in [1.54, 1.807) is 36.4 Å². The SMILES string of the molecule is COc1ccc(O)c(/C=N/NC(=O)c2ccccc2OC)c1. The van der Waals surface area contributed by atoms with Gasteiger partial charge in [-0.3, -0.25) is 4.79 Å². The number of hydrazone groups is 1. The van der Waals surface area contributed by atoms with E-state index < -0.39 is 5.91 Å². The van der Waals surface area contributed by atoms with Crippen LogP contribution in [0.25, 0.3) is 0 Å². The molecule has 6 heteroatoms. The number of hydrogen-bond acceptors (Lipinski definition) is 5. The maximum absolute atomic E-state index is 12.0. The van der Waals surface area contributed by atoms with Crippen molar-refractivity contribution in [2.24, 2.45) is 5.10 Å². The van der Waals surface area contributed by atoms with Gasteiger partial charge in [-0.1, -0.05) is 12.1 Å². The van der Waals surface area contributed by atoms with E-state index in [1.807, 2.05) is 0 Å². The lowest BCUT2D eigenvalue weighted by Crippen LogP contribution is -2.18. The summed E-state index contributed by atoms with van der Waals surface area (Å²) in [6, 6.07) is 11.5. The minimum atomic E-state index is -0.406. The van der Waals surface area contributed by atoms with Gasteiger partial charge in [-0.15, -0.1) is 0 Å². The predicted octanol–water partition coefficient (Wildman–Crippen LogP) is 2.17. The van der Waals surface area contributed by atoms with Gasteiger partial charge in [-0.25, -0.2) is 5.43 Å². The lowest BCUT2D eigenvalue weighted by atomic mass is 10.2. The molecule has 0 bridgehead atoms. The van der Waals surface area contributed by atoms with Crippen molar-refractivity contribution in [1.82, 2.24) is 5.43 Å². The first-order valence-corrected chi connectivity index (χ1v) is 6.49. The number of hydrogen-bond donors (Lipinski definition) is 2. The molecule has 114 valence electrons. The summed E-state index contributed by atoms with van der Waals surface area (Å²) >= 11 is 0. The zero-order chi connectivity index (χ0) is 15.9. The molecule has 0 aliphatic heterocycles. The number of methoxy groups -OCH3 is 2. The Morgan fingerprint density at radius 3 is 2.68 bits per heavy atom. The highest BCUT2D eigenvalue weighted by Gasteiger charge is 2.10. The fourth-order valence-electron chi connectivity index (χ4n) is 1.82. The number of amides is 1. The van der Waals surface area contributed by atoms with Gasteiger partial charge in [-0.05, 0) is 30.3 Å². The summed E-state index contributed by atoms with van der Waals surface area (Å²) in [7, 11) is 3.01. The third-order valence-electron chi connectivity index (χ3n) is 2.96. The number of nitrogens with zero attached hydrogens (tertiary/aromatic N) is 1. The molecule has 2 N–H and O–H groups in total. The number of phenols is 1. The van der Waals surface area contributed by atoms with Gasteiger partial charge in [0, 0.05) is 5.56 Å². The van der Waals surface area contributed by atoms with Gasteiger partial charge in [0.1, 0.15) is 17.2 Å². The van der Waals surface area contributed by atoms with Gasteiger partial charge >= 0.3 is 0 Å². The fraction of sp³-hybridized carbons (Fsp3) is 0.125. The highest BCUT2D eigenvalue weighted by Crippen LogP contribution is 2.21. The van der Waals surface area contributed by atoms with Crippen LogP contribution in [0.5, 0.6) is 17.2 Å². The van der Waals surface area contributed by atoms with E-state index in [-0.39, 0.29) is 5.75 Å². The number of carbonyl (C=O) groups is 1. The Hall–Kier alpha value is -3.02. The van der Waals surface area contributed by atoms with E-state index in [0.29, 0.717) is 22.6 Å². The topological polar surface area (TPSA) is 80.2 Å². The second-order valence-corrected chi connectivity index (χ2v) is 4.32. The van der Waals surface area contributed by atoms with E-state index >= 15 is 0 Å². The quantitative estimate of drug-likeness (QED) is 0.655. The van der Waals surface area contributed by atoms with Gasteiger partial charge in [0.15, 0.2) is 0 Å². The third kappa shape index (κ3) is 3.54. The van der Waals surface area contributed by atoms with Crippen LogP contribution in [0.1, 0.15) is 15.9 Å². The maximum Gasteiger partial charge on any atom is 0.275 e. The Bertz CT molecular complexity index is 698. The summed E-state index contributed by atoms with van der Waals surface area (Å²) in [6.45, 7) is 0. The van der Waals surface area contributed by atoms with E-state index in [9.17, 15) is 9.90 Å². The van der Waals surface area contributed by atoms with Crippen LogP contribution in [0.15, 0.2) is 47.6 Å². The van der Waals surface area contributed by atoms with E-state index in [2.05, 4.69) is 10.5 Å². The van der Waals surface area contributed by atoms with Crippen LogP contribution in [0.2, 0.25) is 0 Å². The Morgan fingerprint density at radius 2 is 1.95 bits per heavy atom. The summed E-state index contributed by atoms with van der Waals surface area (Å²) < 4.78 is 10.2. The lowest BCUT2D eigenvalue weighted by molar-refractivity contribution is 0.0952. The van der Waals surface area contributed by atoms with Crippen molar-refractivity contribution < 1.29 is 19.4 Å². The van der Waals surface area contributed by atoms with Crippen molar-refractivity contribution in [2.45, 2.75) is 0 Å². The first kappa shape index (κ1) is 15.4. The third-order valence-corrected chi connectivity index (χ3v) is 2.96. The van der Waals surface area contributed by atoms with Crippen LogP contribution in [0, 0.1) is 0 Å². The number of para-hydroxylation sites is 1. The van der Waals surface area contributed by atoms with Crippen molar-refractivity contribution in [2.75, 3.05) is 14.2 Å². The Kier molecular flexibility index (Phi) is 4.98. The summed E-state index contributed by atoms with van der Waals surface area (Å²) in [4.78, 5) is 12.0. The molecule has 0 unspecified atom stereocenters. The van der Waals surface area contributed by atoms with Crippen LogP contribution in [-0.4, -0.2) is 31.4 Å². The molecular formula is C16H16N2O4. The van der Waals surface area contributed by atoms with Gasteiger partial charge in [0.25, 0.3) is 5.91 Å². The largest absolute Gasteiger partial charge is 0.507 e. The van der Waals surface area contributed by atoms with E-state index in [4.69, 9.17) is 9.47 Å². The molecule has 0 spiro atoms. The molecule has 0 aromatic heterocycles. The summed E-state index contributed by atoms with van der Waals surface area (Å²) in [5.74, 6) is 0.668. The number of nitrogens with one attached hydrogen (secondary N) is 1. The Labute approximate surface area is 128 Å². The molecule has 22 heavy (non-hydrogen) atoms. The zero-order valence-corrected chi connectivity index (χ0v) is 12.2. The molecule has 0 aliphatic rings. The molecule has 2 aromatic carbocycles. The monoisotopic (exact) mass is 300 g/mol. The van der Waals surface area contributed by atoms with Crippen molar-refractivity contribution in [3.63, 3.8) is 0 Å². The summed E-state index contributed by atoms with van der Waals surface area (Å²) in [5, 5.41) is 13.5. The summed E-state index contributed by atoms with van der Waals surface area (Å²) in [5.41, 5.74) is 3.19. The van der Waals surface area contributed by atoms with Crippen molar-refractivity contribution in [3.8, 4) is 17.2 Å². The fourth-order valence-corrected chi connectivity index (χ4v) is 1.82. The molecule has 2 aromatic rings. The van der Waals surface area contributed by atoms with Crippen LogP contribution in [0.4, 0.5) is 0 Å². The second kappa shape index (κ2) is 7.12. The number of carbonyl (C=O) groups excluding carboxylic acids is 1. The summed E-state index contributed by atoms with van der Waals surface area (Å²) in [6.07, 6.45) is 1.34. The average Bonchev–Trinajstić information content (AvgIpc) is 2.56. The standard InChI is InChI=1S/C16H16N2O4/c1-21-12-7-8-14(19)11(9-12)10-17-18-16(20)13-5-3-4-6-15(13)22-2/h3-10,19H,1-2H3,(H,18,20)/b17-10+. The average molecular weight is 300 g/mol. The van der Waals surface area contributed by atoms with Crippen LogP contribution in [0.3, 0.4) is 0 Å². The highest BCUT2D eigenvalue weighted by atomic mass is 16.5. The highest BCUT2D eigenvalue weighted by molar-refractivity contribution is 5.97. The van der Waals surface area contributed by atoms with E-state index in [0.717, 1.165) is 0 Å². The smallest absolute Gasteiger partial charge is 0.275 e. The second-order valence-electron chi connectivity index (χ2n) is 4.32.